The summed E-state index contributed by atoms with van der Waals surface area (Å²) in [4.78, 5) is 1.86. The highest BCUT2D eigenvalue weighted by molar-refractivity contribution is 4.85. The number of aliphatic hydroxyl groups excluding tert-OH is 1. The Morgan fingerprint density at radius 1 is 1.05 bits per heavy atom. The van der Waals surface area contributed by atoms with E-state index in [1.807, 2.05) is 4.90 Å². The fourth-order valence-corrected chi connectivity index (χ4v) is 3.60. The summed E-state index contributed by atoms with van der Waals surface area (Å²) in [7, 11) is 0. The molecule has 1 saturated heterocycles. The monoisotopic (exact) mass is 290 g/mol. The number of alkyl halides is 2. The van der Waals surface area contributed by atoms with Crippen LogP contribution < -0.4 is 5.32 Å². The zero-order chi connectivity index (χ0) is 14.4. The number of hydrogen-bond acceptors (Lipinski definition) is 3. The Morgan fingerprint density at radius 3 is 2.40 bits per heavy atom. The maximum absolute atomic E-state index is 12.3. The standard InChI is InChI=1S/C15H28F2N2O/c16-15(17)10-19-8-6-13(7-9-19)18-14-5-3-1-2-4-12(14)11-20/h12-15,18,20H,1-11H2. The van der Waals surface area contributed by atoms with E-state index in [1.54, 1.807) is 0 Å². The van der Waals surface area contributed by atoms with Crippen molar-refractivity contribution < 1.29 is 13.9 Å². The smallest absolute Gasteiger partial charge is 0.251 e. The molecule has 0 radical (unpaired) electrons. The van der Waals surface area contributed by atoms with E-state index in [2.05, 4.69) is 5.32 Å². The molecule has 2 fully saturated rings. The number of rotatable bonds is 5. The van der Waals surface area contributed by atoms with Crippen LogP contribution in [0.1, 0.15) is 44.9 Å². The van der Waals surface area contributed by atoms with Crippen LogP contribution in [0.2, 0.25) is 0 Å². The minimum atomic E-state index is -2.22. The van der Waals surface area contributed by atoms with Crippen molar-refractivity contribution in [3.05, 3.63) is 0 Å². The molecule has 0 aromatic carbocycles. The number of nitrogens with zero attached hydrogens (tertiary/aromatic N) is 1. The van der Waals surface area contributed by atoms with Gasteiger partial charge in [-0.25, -0.2) is 8.78 Å². The topological polar surface area (TPSA) is 35.5 Å². The first-order valence-corrected chi connectivity index (χ1v) is 8.06. The van der Waals surface area contributed by atoms with E-state index in [4.69, 9.17) is 0 Å². The number of halogens is 2. The molecule has 0 aromatic heterocycles. The second-order valence-corrected chi connectivity index (χ2v) is 6.32. The van der Waals surface area contributed by atoms with Gasteiger partial charge in [-0.05, 0) is 44.7 Å². The molecule has 0 spiro atoms. The van der Waals surface area contributed by atoms with Crippen LogP contribution in [-0.2, 0) is 0 Å². The van der Waals surface area contributed by atoms with Gasteiger partial charge in [0.2, 0.25) is 0 Å². The van der Waals surface area contributed by atoms with E-state index >= 15 is 0 Å². The number of hydrogen-bond donors (Lipinski definition) is 2. The Morgan fingerprint density at radius 2 is 1.75 bits per heavy atom. The lowest BCUT2D eigenvalue weighted by Gasteiger charge is -2.36. The first-order chi connectivity index (χ1) is 9.69. The summed E-state index contributed by atoms with van der Waals surface area (Å²) in [6.07, 6.45) is 5.64. The predicted octanol–water partition coefficient (Wildman–Crippen LogP) is 2.25. The first-order valence-electron chi connectivity index (χ1n) is 8.06. The molecular weight excluding hydrogens is 262 g/mol. The summed E-state index contributed by atoms with van der Waals surface area (Å²) >= 11 is 0. The van der Waals surface area contributed by atoms with Crippen LogP contribution in [0.5, 0.6) is 0 Å². The van der Waals surface area contributed by atoms with Gasteiger partial charge in [0.05, 0.1) is 6.54 Å². The Balaban J connectivity index is 1.75. The Kier molecular flexibility index (Phi) is 6.65. The Labute approximate surface area is 120 Å². The molecule has 1 aliphatic carbocycles. The molecule has 2 aliphatic rings. The molecule has 2 rings (SSSR count). The van der Waals surface area contributed by atoms with E-state index in [9.17, 15) is 13.9 Å². The molecule has 1 saturated carbocycles. The summed E-state index contributed by atoms with van der Waals surface area (Å²) in [5.41, 5.74) is 0. The van der Waals surface area contributed by atoms with Crippen molar-refractivity contribution in [1.82, 2.24) is 10.2 Å². The number of piperidine rings is 1. The average molecular weight is 290 g/mol. The van der Waals surface area contributed by atoms with Gasteiger partial charge >= 0.3 is 0 Å². The second kappa shape index (κ2) is 8.25. The minimum absolute atomic E-state index is 0.0879. The van der Waals surface area contributed by atoms with E-state index in [-0.39, 0.29) is 13.2 Å². The molecule has 1 aliphatic heterocycles. The van der Waals surface area contributed by atoms with Gasteiger partial charge < -0.3 is 10.4 Å². The van der Waals surface area contributed by atoms with Crippen molar-refractivity contribution in [3.8, 4) is 0 Å². The maximum atomic E-state index is 12.3. The third kappa shape index (κ3) is 4.93. The van der Waals surface area contributed by atoms with Gasteiger partial charge in [-0.15, -0.1) is 0 Å². The van der Waals surface area contributed by atoms with Gasteiger partial charge in [0.15, 0.2) is 0 Å². The van der Waals surface area contributed by atoms with Crippen LogP contribution in [0.3, 0.4) is 0 Å². The Bertz CT molecular complexity index is 271. The van der Waals surface area contributed by atoms with Crippen LogP contribution in [0.4, 0.5) is 8.78 Å². The van der Waals surface area contributed by atoms with Gasteiger partial charge in [0.25, 0.3) is 6.43 Å². The quantitative estimate of drug-likeness (QED) is 0.762. The molecule has 0 bridgehead atoms. The molecule has 0 amide bonds. The highest BCUT2D eigenvalue weighted by Gasteiger charge is 2.27. The zero-order valence-corrected chi connectivity index (χ0v) is 12.2. The molecule has 2 unspecified atom stereocenters. The fourth-order valence-electron chi connectivity index (χ4n) is 3.60. The molecule has 2 N–H and O–H groups in total. The largest absolute Gasteiger partial charge is 0.396 e. The normalized spacial score (nSPS) is 30.6. The average Bonchev–Trinajstić information content (AvgIpc) is 2.65. The van der Waals surface area contributed by atoms with Crippen molar-refractivity contribution in [3.63, 3.8) is 0 Å². The van der Waals surface area contributed by atoms with Crippen LogP contribution >= 0.6 is 0 Å². The predicted molar refractivity (Wildman–Crippen MR) is 76.1 cm³/mol. The minimum Gasteiger partial charge on any atom is -0.396 e. The van der Waals surface area contributed by atoms with Gasteiger partial charge in [-0.1, -0.05) is 19.3 Å². The SMILES string of the molecule is OCC1CCCCCC1NC1CCN(CC(F)F)CC1. The lowest BCUT2D eigenvalue weighted by molar-refractivity contribution is 0.0697. The third-order valence-electron chi connectivity index (χ3n) is 4.83. The highest BCUT2D eigenvalue weighted by Crippen LogP contribution is 2.24. The molecule has 1 heterocycles. The second-order valence-electron chi connectivity index (χ2n) is 6.32. The van der Waals surface area contributed by atoms with Crippen LogP contribution in [-0.4, -0.2) is 54.8 Å². The summed E-state index contributed by atoms with van der Waals surface area (Å²) < 4.78 is 24.7. The van der Waals surface area contributed by atoms with Crippen LogP contribution in [0.15, 0.2) is 0 Å². The first kappa shape index (κ1) is 16.1. The van der Waals surface area contributed by atoms with Crippen molar-refractivity contribution in [1.29, 1.82) is 0 Å². The van der Waals surface area contributed by atoms with E-state index in [0.717, 1.165) is 38.8 Å². The highest BCUT2D eigenvalue weighted by atomic mass is 19.3. The summed E-state index contributed by atoms with van der Waals surface area (Å²) in [6.45, 7) is 1.70. The van der Waals surface area contributed by atoms with Crippen molar-refractivity contribution in [2.24, 2.45) is 5.92 Å². The van der Waals surface area contributed by atoms with E-state index < -0.39 is 6.43 Å². The summed E-state index contributed by atoms with van der Waals surface area (Å²) in [5.74, 6) is 0.372. The van der Waals surface area contributed by atoms with Gasteiger partial charge in [0.1, 0.15) is 0 Å². The Hall–Kier alpha value is -0.260. The molecule has 118 valence electrons. The van der Waals surface area contributed by atoms with Crippen molar-refractivity contribution in [2.75, 3.05) is 26.2 Å². The molecule has 20 heavy (non-hydrogen) atoms. The van der Waals surface area contributed by atoms with E-state index in [1.165, 1.54) is 19.3 Å². The van der Waals surface area contributed by atoms with Crippen LogP contribution in [0.25, 0.3) is 0 Å². The number of likely N-dealkylation sites (tertiary alicyclic amines) is 1. The summed E-state index contributed by atoms with van der Waals surface area (Å²) in [5, 5.41) is 13.2. The van der Waals surface area contributed by atoms with Gasteiger partial charge in [-0.3, -0.25) is 4.90 Å². The van der Waals surface area contributed by atoms with Crippen molar-refractivity contribution in [2.45, 2.75) is 63.5 Å². The third-order valence-corrected chi connectivity index (χ3v) is 4.83. The maximum Gasteiger partial charge on any atom is 0.251 e. The molecule has 2 atom stereocenters. The molecule has 0 aromatic rings. The molecule has 3 nitrogen and oxygen atoms in total. The molecule has 5 heteroatoms. The number of nitrogens with one attached hydrogen (secondary N) is 1. The fraction of sp³-hybridized carbons (Fsp3) is 1.00. The van der Waals surface area contributed by atoms with Gasteiger partial charge in [0, 0.05) is 18.7 Å². The lowest BCUT2D eigenvalue weighted by atomic mass is 9.93. The van der Waals surface area contributed by atoms with Gasteiger partial charge in [-0.2, -0.15) is 0 Å². The molecular formula is C15H28F2N2O. The van der Waals surface area contributed by atoms with E-state index in [0.29, 0.717) is 18.0 Å². The van der Waals surface area contributed by atoms with Crippen molar-refractivity contribution >= 4 is 0 Å². The lowest BCUT2D eigenvalue weighted by Crippen LogP contribution is -2.49. The number of aliphatic hydroxyl groups is 1. The zero-order valence-electron chi connectivity index (χ0n) is 12.2. The van der Waals surface area contributed by atoms with Crippen LogP contribution in [0, 0.1) is 5.92 Å². The summed E-state index contributed by atoms with van der Waals surface area (Å²) in [6, 6.07) is 0.843.